The van der Waals surface area contributed by atoms with Crippen molar-refractivity contribution in [1.82, 2.24) is 9.21 Å². The molecule has 0 atom stereocenters. The number of hydrogen-bond acceptors (Lipinski definition) is 4. The van der Waals surface area contributed by atoms with Gasteiger partial charge in [0.1, 0.15) is 0 Å². The Balaban J connectivity index is 2.74. The van der Waals surface area contributed by atoms with E-state index in [1.165, 1.54) is 18.7 Å². The molecule has 0 aliphatic carbocycles. The molecule has 0 spiro atoms. The Morgan fingerprint density at radius 3 is 1.89 bits per heavy atom. The number of carboxylic acids is 1. The van der Waals surface area contributed by atoms with Gasteiger partial charge in [0.25, 0.3) is 10.2 Å². The second-order valence-electron chi connectivity index (χ2n) is 4.29. The first-order chi connectivity index (χ1) is 8.64. The second-order valence-corrected chi connectivity index (χ2v) is 5.84. The van der Waals surface area contributed by atoms with Crippen LogP contribution in [0.5, 0.6) is 0 Å². The monoisotopic (exact) mass is 291 g/mol. The molecule has 0 aromatic rings. The Kier molecular flexibility index (Phi) is 4.66. The molecule has 108 valence electrons. The number of aliphatic carboxylic acids is 1. The molecule has 9 heteroatoms. The predicted octanol–water partition coefficient (Wildman–Crippen LogP) is -1.24. The summed E-state index contributed by atoms with van der Waals surface area (Å²) in [6, 6.07) is 0. The van der Waals surface area contributed by atoms with Crippen molar-refractivity contribution in [3.8, 4) is 0 Å². The van der Waals surface area contributed by atoms with Crippen LogP contribution in [0, 0.1) is 0 Å². The van der Waals surface area contributed by atoms with E-state index in [9.17, 15) is 18.0 Å². The molecule has 0 radical (unpaired) electrons. The Morgan fingerprint density at radius 2 is 1.53 bits per heavy atom. The average molecular weight is 291 g/mol. The van der Waals surface area contributed by atoms with Gasteiger partial charge in [-0.1, -0.05) is 0 Å². The Morgan fingerprint density at radius 1 is 1.05 bits per heavy atom. The highest BCUT2D eigenvalue weighted by molar-refractivity contribution is 7.86. The van der Waals surface area contributed by atoms with Crippen LogP contribution in [0.3, 0.4) is 0 Å². The Bertz CT molecular complexity index is 517. The molecule has 1 aliphatic heterocycles. The van der Waals surface area contributed by atoms with Crippen molar-refractivity contribution in [2.45, 2.75) is 13.8 Å². The van der Waals surface area contributed by atoms with Gasteiger partial charge in [-0.15, -0.1) is 0 Å². The maximum atomic E-state index is 12.0. The van der Waals surface area contributed by atoms with Crippen molar-refractivity contribution in [2.24, 2.45) is 5.14 Å². The van der Waals surface area contributed by atoms with Crippen LogP contribution < -0.4 is 5.14 Å². The fourth-order valence-electron chi connectivity index (χ4n) is 1.70. The van der Waals surface area contributed by atoms with Crippen LogP contribution in [-0.4, -0.2) is 60.8 Å². The van der Waals surface area contributed by atoms with Crippen LogP contribution in [0.4, 0.5) is 0 Å². The number of piperazine rings is 1. The predicted molar refractivity (Wildman–Crippen MR) is 67.3 cm³/mol. The SMILES string of the molecule is CC(C(=O)O)=C(C)C(=O)N1CCN(S(N)(=O)=O)CC1. The standard InChI is InChI=1S/C10H17N3O5S/c1-7(8(2)10(15)16)9(14)12-3-5-13(6-4-12)19(11,17)18/h3-6H2,1-2H3,(H,15,16)(H2,11,17,18). The van der Waals surface area contributed by atoms with Crippen molar-refractivity contribution in [1.29, 1.82) is 0 Å². The molecule has 0 aromatic carbocycles. The zero-order chi connectivity index (χ0) is 14.8. The van der Waals surface area contributed by atoms with Crippen LogP contribution in [0.25, 0.3) is 0 Å². The van der Waals surface area contributed by atoms with E-state index in [1.807, 2.05) is 0 Å². The van der Waals surface area contributed by atoms with Crippen molar-refractivity contribution in [3.05, 3.63) is 11.1 Å². The maximum absolute atomic E-state index is 12.0. The third kappa shape index (κ3) is 3.75. The zero-order valence-electron chi connectivity index (χ0n) is 10.8. The molecule has 0 unspecified atom stereocenters. The van der Waals surface area contributed by atoms with Gasteiger partial charge >= 0.3 is 5.97 Å². The zero-order valence-corrected chi connectivity index (χ0v) is 11.6. The summed E-state index contributed by atoms with van der Waals surface area (Å²) in [6.45, 7) is 3.42. The van der Waals surface area contributed by atoms with Crippen LogP contribution in [0.1, 0.15) is 13.8 Å². The smallest absolute Gasteiger partial charge is 0.331 e. The molecular formula is C10H17N3O5S. The van der Waals surface area contributed by atoms with E-state index in [4.69, 9.17) is 10.2 Å². The number of carbonyl (C=O) groups is 2. The minimum Gasteiger partial charge on any atom is -0.478 e. The van der Waals surface area contributed by atoms with Crippen molar-refractivity contribution < 1.29 is 23.1 Å². The maximum Gasteiger partial charge on any atom is 0.331 e. The summed E-state index contributed by atoms with van der Waals surface area (Å²) >= 11 is 0. The average Bonchev–Trinajstić information content (AvgIpc) is 2.35. The summed E-state index contributed by atoms with van der Waals surface area (Å²) in [5.74, 6) is -1.54. The number of amides is 1. The van der Waals surface area contributed by atoms with Gasteiger partial charge in [0.2, 0.25) is 5.91 Å². The van der Waals surface area contributed by atoms with Crippen molar-refractivity contribution in [2.75, 3.05) is 26.2 Å². The summed E-state index contributed by atoms with van der Waals surface area (Å²) in [4.78, 5) is 24.2. The van der Waals surface area contributed by atoms with E-state index in [0.717, 1.165) is 4.31 Å². The molecule has 19 heavy (non-hydrogen) atoms. The normalized spacial score (nSPS) is 19.0. The third-order valence-corrected chi connectivity index (χ3v) is 4.17. The van der Waals surface area contributed by atoms with E-state index >= 15 is 0 Å². The first-order valence-corrected chi connectivity index (χ1v) is 7.13. The van der Waals surface area contributed by atoms with E-state index in [-0.39, 0.29) is 37.3 Å². The first kappa shape index (κ1) is 15.6. The van der Waals surface area contributed by atoms with Gasteiger partial charge in [-0.2, -0.15) is 12.7 Å². The van der Waals surface area contributed by atoms with Gasteiger partial charge in [0.05, 0.1) is 0 Å². The minimum absolute atomic E-state index is 0.0149. The molecule has 1 heterocycles. The molecule has 1 rings (SSSR count). The van der Waals surface area contributed by atoms with Gasteiger partial charge in [-0.3, -0.25) is 4.79 Å². The highest BCUT2D eigenvalue weighted by atomic mass is 32.2. The van der Waals surface area contributed by atoms with Crippen LogP contribution >= 0.6 is 0 Å². The molecule has 8 nitrogen and oxygen atoms in total. The number of hydrogen-bond donors (Lipinski definition) is 2. The fourth-order valence-corrected chi connectivity index (χ4v) is 2.38. The third-order valence-electron chi connectivity index (χ3n) is 3.09. The highest BCUT2D eigenvalue weighted by Gasteiger charge is 2.27. The molecule has 3 N–H and O–H groups in total. The topological polar surface area (TPSA) is 121 Å². The summed E-state index contributed by atoms with van der Waals surface area (Å²) in [5.41, 5.74) is 0.135. The van der Waals surface area contributed by atoms with Crippen LogP contribution in [0.15, 0.2) is 11.1 Å². The Labute approximate surface area is 111 Å². The lowest BCUT2D eigenvalue weighted by atomic mass is 10.1. The second kappa shape index (κ2) is 5.68. The molecule has 0 aromatic heterocycles. The highest BCUT2D eigenvalue weighted by Crippen LogP contribution is 2.11. The molecule has 1 aliphatic rings. The van der Waals surface area contributed by atoms with Gasteiger partial charge in [0.15, 0.2) is 0 Å². The fraction of sp³-hybridized carbons (Fsp3) is 0.600. The van der Waals surface area contributed by atoms with E-state index in [0.29, 0.717) is 0 Å². The van der Waals surface area contributed by atoms with Crippen LogP contribution in [-0.2, 0) is 19.8 Å². The van der Waals surface area contributed by atoms with Crippen molar-refractivity contribution in [3.63, 3.8) is 0 Å². The molecule has 1 saturated heterocycles. The van der Waals surface area contributed by atoms with Gasteiger partial charge in [0, 0.05) is 37.3 Å². The van der Waals surface area contributed by atoms with E-state index in [2.05, 4.69) is 0 Å². The summed E-state index contributed by atoms with van der Waals surface area (Å²) in [6.07, 6.45) is 0. The quantitative estimate of drug-likeness (QED) is 0.630. The lowest BCUT2D eigenvalue weighted by molar-refractivity contribution is -0.134. The minimum atomic E-state index is -3.74. The summed E-state index contributed by atoms with van der Waals surface area (Å²) in [5, 5.41) is 13.8. The molecule has 0 bridgehead atoms. The first-order valence-electron chi connectivity index (χ1n) is 5.62. The summed E-state index contributed by atoms with van der Waals surface area (Å²) < 4.78 is 23.3. The summed E-state index contributed by atoms with van der Waals surface area (Å²) in [7, 11) is -3.74. The number of carbonyl (C=O) groups excluding carboxylic acids is 1. The lowest BCUT2D eigenvalue weighted by Crippen LogP contribution is -2.52. The van der Waals surface area contributed by atoms with Gasteiger partial charge < -0.3 is 10.0 Å². The van der Waals surface area contributed by atoms with E-state index < -0.39 is 22.1 Å². The van der Waals surface area contributed by atoms with Gasteiger partial charge in [-0.05, 0) is 13.8 Å². The Hall–Kier alpha value is -1.45. The van der Waals surface area contributed by atoms with E-state index in [1.54, 1.807) is 0 Å². The van der Waals surface area contributed by atoms with Crippen LogP contribution in [0.2, 0.25) is 0 Å². The number of carboxylic acid groups (broad SMARTS) is 1. The largest absolute Gasteiger partial charge is 0.478 e. The number of nitrogens with two attached hydrogens (primary N) is 1. The molecular weight excluding hydrogens is 274 g/mol. The molecule has 0 saturated carbocycles. The molecule has 1 amide bonds. The van der Waals surface area contributed by atoms with Crippen molar-refractivity contribution >= 4 is 22.1 Å². The molecule has 1 fully saturated rings. The number of rotatable bonds is 3. The number of nitrogens with zero attached hydrogens (tertiary/aromatic N) is 2. The van der Waals surface area contributed by atoms with Gasteiger partial charge in [-0.25, -0.2) is 9.93 Å². The lowest BCUT2D eigenvalue weighted by Gasteiger charge is -2.33.